The predicted octanol–water partition coefficient (Wildman–Crippen LogP) is 1.99. The van der Waals surface area contributed by atoms with Gasteiger partial charge >= 0.3 is 0 Å². The number of carbonyl (C=O) groups is 1. The van der Waals surface area contributed by atoms with E-state index >= 15 is 0 Å². The lowest BCUT2D eigenvalue weighted by Gasteiger charge is -2.31. The molecule has 0 radical (unpaired) electrons. The average Bonchev–Trinajstić information content (AvgIpc) is 3.12. The lowest BCUT2D eigenvalue weighted by Crippen LogP contribution is -2.43. The maximum atomic E-state index is 12.5. The molecule has 0 bridgehead atoms. The van der Waals surface area contributed by atoms with E-state index in [1.165, 1.54) is 31.5 Å². The molecule has 4 nitrogen and oxygen atoms in total. The Morgan fingerprint density at radius 2 is 1.90 bits per heavy atom. The summed E-state index contributed by atoms with van der Waals surface area (Å²) in [6.45, 7) is 7.34. The monoisotopic (exact) mass is 287 g/mol. The minimum Gasteiger partial charge on any atom is -0.320 e. The molecule has 3 atom stereocenters. The molecular weight excluding hydrogens is 262 g/mol. The van der Waals surface area contributed by atoms with E-state index in [1.54, 1.807) is 0 Å². The molecule has 0 spiro atoms. The van der Waals surface area contributed by atoms with Crippen LogP contribution >= 0.6 is 0 Å². The first kappa shape index (κ1) is 14.5. The summed E-state index contributed by atoms with van der Waals surface area (Å²) < 4.78 is 0. The third kappa shape index (κ3) is 2.97. The van der Waals surface area contributed by atoms with Crippen LogP contribution in [-0.4, -0.2) is 47.4 Å². The van der Waals surface area contributed by atoms with Gasteiger partial charge < -0.3 is 4.90 Å². The second kappa shape index (κ2) is 6.16. The molecule has 0 saturated carbocycles. The molecule has 0 aromatic heterocycles. The van der Waals surface area contributed by atoms with Crippen LogP contribution in [0.5, 0.6) is 0 Å². The van der Waals surface area contributed by atoms with Gasteiger partial charge in [0.1, 0.15) is 6.17 Å². The van der Waals surface area contributed by atoms with Crippen molar-refractivity contribution in [3.8, 4) is 0 Å². The standard InChI is InChI=1S/C17H25N3O/c1-13(19-10-6-7-11-19)12-20-16(18-14(2)17(20)21)15-8-4-3-5-9-15/h3-5,8-9,13-14,16,18H,6-7,10-12H2,1-2H3. The molecule has 2 fully saturated rings. The van der Waals surface area contributed by atoms with Crippen molar-refractivity contribution in [1.82, 2.24) is 15.1 Å². The summed E-state index contributed by atoms with van der Waals surface area (Å²) in [5.41, 5.74) is 1.17. The van der Waals surface area contributed by atoms with E-state index in [9.17, 15) is 4.79 Å². The molecule has 1 N–H and O–H groups in total. The van der Waals surface area contributed by atoms with Crippen molar-refractivity contribution < 1.29 is 4.79 Å². The maximum Gasteiger partial charge on any atom is 0.241 e. The van der Waals surface area contributed by atoms with Crippen molar-refractivity contribution in [2.45, 2.75) is 44.9 Å². The molecule has 3 unspecified atom stereocenters. The van der Waals surface area contributed by atoms with E-state index in [1.807, 2.05) is 30.0 Å². The topological polar surface area (TPSA) is 35.6 Å². The number of nitrogens with zero attached hydrogens (tertiary/aromatic N) is 2. The van der Waals surface area contributed by atoms with E-state index in [2.05, 4.69) is 29.3 Å². The molecule has 2 saturated heterocycles. The zero-order chi connectivity index (χ0) is 14.8. The van der Waals surface area contributed by atoms with E-state index in [4.69, 9.17) is 0 Å². The van der Waals surface area contributed by atoms with Crippen LogP contribution in [0.2, 0.25) is 0 Å². The Labute approximate surface area is 127 Å². The molecular formula is C17H25N3O. The fourth-order valence-corrected chi connectivity index (χ4v) is 3.46. The van der Waals surface area contributed by atoms with E-state index in [0.29, 0.717) is 6.04 Å². The fourth-order valence-electron chi connectivity index (χ4n) is 3.46. The summed E-state index contributed by atoms with van der Waals surface area (Å²) in [5, 5.41) is 3.42. The SMILES string of the molecule is CC1NC(c2ccccc2)N(CC(C)N2CCCC2)C1=O. The molecule has 3 rings (SSSR count). The normalized spacial score (nSPS) is 28.3. The van der Waals surface area contributed by atoms with Crippen LogP contribution in [0.3, 0.4) is 0 Å². The number of benzene rings is 1. The number of likely N-dealkylation sites (tertiary alicyclic amines) is 1. The van der Waals surface area contributed by atoms with Crippen LogP contribution in [-0.2, 0) is 4.79 Å². The van der Waals surface area contributed by atoms with E-state index in [-0.39, 0.29) is 18.1 Å². The van der Waals surface area contributed by atoms with Crippen LogP contribution in [0.4, 0.5) is 0 Å². The van der Waals surface area contributed by atoms with Crippen molar-refractivity contribution in [2.24, 2.45) is 0 Å². The third-order valence-corrected chi connectivity index (χ3v) is 4.71. The maximum absolute atomic E-state index is 12.5. The number of hydrogen-bond donors (Lipinski definition) is 1. The number of carbonyl (C=O) groups excluding carboxylic acids is 1. The number of amides is 1. The van der Waals surface area contributed by atoms with Gasteiger partial charge in [-0.3, -0.25) is 15.0 Å². The number of rotatable bonds is 4. The average molecular weight is 287 g/mol. The lowest BCUT2D eigenvalue weighted by molar-refractivity contribution is -0.130. The molecule has 2 aliphatic rings. The summed E-state index contributed by atoms with van der Waals surface area (Å²) in [5.74, 6) is 0.218. The van der Waals surface area contributed by atoms with Gasteiger partial charge in [-0.2, -0.15) is 0 Å². The van der Waals surface area contributed by atoms with Crippen LogP contribution in [0, 0.1) is 0 Å². The van der Waals surface area contributed by atoms with Gasteiger partial charge in [-0.1, -0.05) is 30.3 Å². The van der Waals surface area contributed by atoms with Gasteiger partial charge in [-0.15, -0.1) is 0 Å². The second-order valence-corrected chi connectivity index (χ2v) is 6.28. The Morgan fingerprint density at radius 1 is 1.24 bits per heavy atom. The Bertz CT molecular complexity index is 484. The highest BCUT2D eigenvalue weighted by molar-refractivity contribution is 5.84. The highest BCUT2D eigenvalue weighted by atomic mass is 16.2. The molecule has 0 aliphatic carbocycles. The van der Waals surface area contributed by atoms with Gasteiger partial charge in [0.15, 0.2) is 0 Å². The van der Waals surface area contributed by atoms with Gasteiger partial charge in [0.25, 0.3) is 0 Å². The summed E-state index contributed by atoms with van der Waals surface area (Å²) >= 11 is 0. The van der Waals surface area contributed by atoms with Crippen molar-refractivity contribution in [2.75, 3.05) is 19.6 Å². The van der Waals surface area contributed by atoms with Gasteiger partial charge in [0.05, 0.1) is 6.04 Å². The summed E-state index contributed by atoms with van der Waals surface area (Å²) in [6.07, 6.45) is 2.59. The summed E-state index contributed by atoms with van der Waals surface area (Å²) in [7, 11) is 0. The van der Waals surface area contributed by atoms with Gasteiger partial charge in [0, 0.05) is 12.6 Å². The van der Waals surface area contributed by atoms with Gasteiger partial charge in [-0.05, 0) is 45.3 Å². The second-order valence-electron chi connectivity index (χ2n) is 6.28. The molecule has 1 aromatic carbocycles. The van der Waals surface area contributed by atoms with Crippen molar-refractivity contribution >= 4 is 5.91 Å². The molecule has 21 heavy (non-hydrogen) atoms. The molecule has 114 valence electrons. The first-order valence-electron chi connectivity index (χ1n) is 8.02. The van der Waals surface area contributed by atoms with Crippen molar-refractivity contribution in [3.05, 3.63) is 35.9 Å². The number of nitrogens with one attached hydrogen (secondary N) is 1. The summed E-state index contributed by atoms with van der Waals surface area (Å²) in [4.78, 5) is 17.0. The molecule has 2 heterocycles. The summed E-state index contributed by atoms with van der Waals surface area (Å²) in [6, 6.07) is 10.6. The zero-order valence-corrected chi connectivity index (χ0v) is 13.0. The van der Waals surface area contributed by atoms with Crippen molar-refractivity contribution in [3.63, 3.8) is 0 Å². The number of hydrogen-bond acceptors (Lipinski definition) is 3. The van der Waals surface area contributed by atoms with Gasteiger partial charge in [0.2, 0.25) is 5.91 Å². The molecule has 1 aromatic rings. The Hall–Kier alpha value is -1.39. The molecule has 1 amide bonds. The Morgan fingerprint density at radius 3 is 2.57 bits per heavy atom. The van der Waals surface area contributed by atoms with Crippen LogP contribution in [0.1, 0.15) is 38.4 Å². The van der Waals surface area contributed by atoms with Gasteiger partial charge in [-0.25, -0.2) is 0 Å². The lowest BCUT2D eigenvalue weighted by atomic mass is 10.1. The van der Waals surface area contributed by atoms with Crippen LogP contribution < -0.4 is 5.32 Å². The predicted molar refractivity (Wildman–Crippen MR) is 83.8 cm³/mol. The zero-order valence-electron chi connectivity index (χ0n) is 13.0. The third-order valence-electron chi connectivity index (χ3n) is 4.71. The highest BCUT2D eigenvalue weighted by Crippen LogP contribution is 2.26. The quantitative estimate of drug-likeness (QED) is 0.920. The minimum atomic E-state index is -0.0963. The Balaban J connectivity index is 1.75. The molecule has 2 aliphatic heterocycles. The van der Waals surface area contributed by atoms with Crippen LogP contribution in [0.25, 0.3) is 0 Å². The van der Waals surface area contributed by atoms with Crippen molar-refractivity contribution in [1.29, 1.82) is 0 Å². The largest absolute Gasteiger partial charge is 0.320 e. The smallest absolute Gasteiger partial charge is 0.241 e. The van der Waals surface area contributed by atoms with E-state index in [0.717, 1.165) is 6.54 Å². The van der Waals surface area contributed by atoms with Crippen LogP contribution in [0.15, 0.2) is 30.3 Å². The fraction of sp³-hybridized carbons (Fsp3) is 0.588. The van der Waals surface area contributed by atoms with E-state index < -0.39 is 0 Å². The highest BCUT2D eigenvalue weighted by Gasteiger charge is 2.38. The molecule has 4 heteroatoms. The Kier molecular flexibility index (Phi) is 4.27. The first-order chi connectivity index (χ1) is 10.2. The minimum absolute atomic E-state index is 0.0127. The first-order valence-corrected chi connectivity index (χ1v) is 8.02.